The summed E-state index contributed by atoms with van der Waals surface area (Å²) < 4.78 is 7.08. The van der Waals surface area contributed by atoms with Crippen molar-refractivity contribution in [3.63, 3.8) is 0 Å². The normalized spacial score (nSPS) is 12.2. The first-order chi connectivity index (χ1) is 13.0. The lowest BCUT2D eigenvalue weighted by atomic mass is 9.73. The molecule has 0 atom stereocenters. The number of hydrogen-bond donors (Lipinski definition) is 2. The highest BCUT2D eigenvalue weighted by atomic mass is 16.5. The van der Waals surface area contributed by atoms with Crippen molar-refractivity contribution >= 4 is 0 Å². The fourth-order valence-corrected chi connectivity index (χ4v) is 4.13. The lowest BCUT2D eigenvalue weighted by Gasteiger charge is -2.33. The molecule has 2 heterocycles. The Hall–Kier alpha value is -2.43. The molecule has 154 valence electrons. The van der Waals surface area contributed by atoms with Crippen LogP contribution in [0.15, 0.2) is 42.7 Å². The summed E-state index contributed by atoms with van der Waals surface area (Å²) in [5.74, 6) is 0.814. The molecule has 0 aliphatic carbocycles. The molecule has 5 nitrogen and oxygen atoms in total. The van der Waals surface area contributed by atoms with Gasteiger partial charge in [-0.1, -0.05) is 46.8 Å². The number of aromatic nitrogens is 2. The monoisotopic (exact) mass is 386 g/mol. The number of ether oxygens (including phenoxy) is 1. The molecule has 0 aromatic carbocycles. The van der Waals surface area contributed by atoms with Crippen LogP contribution in [0, 0.1) is 10.8 Å². The highest BCUT2D eigenvalue weighted by Crippen LogP contribution is 2.39. The van der Waals surface area contributed by atoms with Gasteiger partial charge in [-0.05, 0) is 42.2 Å². The molecular weight excluding hydrogens is 352 g/mol. The Morgan fingerprint density at radius 3 is 2.39 bits per heavy atom. The molecule has 0 bridgehead atoms. The molecule has 28 heavy (non-hydrogen) atoms. The molecule has 0 unspecified atom stereocenters. The Labute approximate surface area is 168 Å². The standard InChI is InChI=1S/C23H34N2O3/c1-17(15-23(5,6)16-22(2,3)4)13-18-14-20(26)25(21(18)27)11-12-28-19-7-9-24-10-8-19/h7-10,14,26-27H,1,11-13,15-16H2,2-6H3. The third kappa shape index (κ3) is 6.63. The van der Waals surface area contributed by atoms with Crippen molar-refractivity contribution < 1.29 is 14.9 Å². The van der Waals surface area contributed by atoms with Crippen molar-refractivity contribution in [1.82, 2.24) is 9.55 Å². The Kier molecular flexibility index (Phi) is 6.81. The first-order valence-corrected chi connectivity index (χ1v) is 9.77. The van der Waals surface area contributed by atoms with Crippen molar-refractivity contribution in [2.24, 2.45) is 10.8 Å². The molecule has 0 radical (unpaired) electrons. The highest BCUT2D eigenvalue weighted by molar-refractivity contribution is 5.38. The fraction of sp³-hybridized carbons (Fsp3) is 0.522. The van der Waals surface area contributed by atoms with Crippen molar-refractivity contribution in [3.8, 4) is 17.5 Å². The number of hydrogen-bond acceptors (Lipinski definition) is 4. The fourth-order valence-electron chi connectivity index (χ4n) is 4.13. The van der Waals surface area contributed by atoms with E-state index in [1.165, 1.54) is 4.57 Å². The Bertz CT molecular complexity index is 786. The average Bonchev–Trinajstić information content (AvgIpc) is 2.80. The summed E-state index contributed by atoms with van der Waals surface area (Å²) in [4.78, 5) is 3.94. The lowest BCUT2D eigenvalue weighted by Crippen LogP contribution is -2.21. The molecule has 2 aromatic rings. The number of allylic oxidation sites excluding steroid dienone is 1. The Morgan fingerprint density at radius 2 is 1.79 bits per heavy atom. The van der Waals surface area contributed by atoms with Crippen molar-refractivity contribution in [2.75, 3.05) is 6.61 Å². The third-order valence-electron chi connectivity index (χ3n) is 4.53. The van der Waals surface area contributed by atoms with Gasteiger partial charge in [-0.3, -0.25) is 9.55 Å². The van der Waals surface area contributed by atoms with Crippen LogP contribution in [0.4, 0.5) is 0 Å². The highest BCUT2D eigenvalue weighted by Gasteiger charge is 2.26. The minimum absolute atomic E-state index is 0.0348. The lowest BCUT2D eigenvalue weighted by molar-refractivity contribution is 0.210. The van der Waals surface area contributed by atoms with Crippen LogP contribution < -0.4 is 4.74 Å². The molecule has 0 spiro atoms. The first-order valence-electron chi connectivity index (χ1n) is 9.77. The zero-order chi connectivity index (χ0) is 20.9. The van der Waals surface area contributed by atoms with E-state index < -0.39 is 0 Å². The molecule has 0 aliphatic rings. The van der Waals surface area contributed by atoms with Crippen LogP contribution in [0.2, 0.25) is 0 Å². The number of nitrogens with zero attached hydrogens (tertiary/aromatic N) is 2. The minimum Gasteiger partial charge on any atom is -0.494 e. The summed E-state index contributed by atoms with van der Waals surface area (Å²) in [7, 11) is 0. The summed E-state index contributed by atoms with van der Waals surface area (Å²) in [6.45, 7) is 16.1. The topological polar surface area (TPSA) is 67.5 Å². The van der Waals surface area contributed by atoms with Crippen LogP contribution in [0.3, 0.4) is 0 Å². The second kappa shape index (κ2) is 8.72. The van der Waals surface area contributed by atoms with Gasteiger partial charge in [0.25, 0.3) is 0 Å². The summed E-state index contributed by atoms with van der Waals surface area (Å²) in [5, 5.41) is 20.8. The summed E-state index contributed by atoms with van der Waals surface area (Å²) in [5.41, 5.74) is 2.13. The molecule has 2 rings (SSSR count). The maximum absolute atomic E-state index is 10.5. The van der Waals surface area contributed by atoms with E-state index in [-0.39, 0.29) is 22.6 Å². The smallest absolute Gasteiger partial charge is 0.197 e. The summed E-state index contributed by atoms with van der Waals surface area (Å²) in [6, 6.07) is 5.15. The van der Waals surface area contributed by atoms with Crippen LogP contribution in [0.25, 0.3) is 0 Å². The number of pyridine rings is 1. The predicted molar refractivity (Wildman–Crippen MR) is 113 cm³/mol. The molecule has 0 saturated heterocycles. The van der Waals surface area contributed by atoms with Gasteiger partial charge in [0.1, 0.15) is 12.4 Å². The average molecular weight is 387 g/mol. The number of aromatic hydroxyl groups is 2. The van der Waals surface area contributed by atoms with Crippen LogP contribution in [-0.2, 0) is 13.0 Å². The van der Waals surface area contributed by atoms with E-state index in [9.17, 15) is 10.2 Å². The van der Waals surface area contributed by atoms with Gasteiger partial charge in [0.05, 0.1) is 6.54 Å². The molecular formula is C23H34N2O3. The van der Waals surface area contributed by atoms with Gasteiger partial charge in [0.15, 0.2) is 11.8 Å². The van der Waals surface area contributed by atoms with Crippen molar-refractivity contribution in [3.05, 3.63) is 48.3 Å². The maximum atomic E-state index is 10.5. The quantitative estimate of drug-likeness (QED) is 0.572. The van der Waals surface area contributed by atoms with Crippen molar-refractivity contribution in [2.45, 2.75) is 60.4 Å². The van der Waals surface area contributed by atoms with E-state index in [4.69, 9.17) is 4.74 Å². The number of rotatable bonds is 9. The van der Waals surface area contributed by atoms with Gasteiger partial charge in [-0.15, -0.1) is 0 Å². The van der Waals surface area contributed by atoms with Gasteiger partial charge in [-0.2, -0.15) is 0 Å². The van der Waals surface area contributed by atoms with Gasteiger partial charge in [-0.25, -0.2) is 0 Å². The van der Waals surface area contributed by atoms with Gasteiger partial charge < -0.3 is 14.9 Å². The van der Waals surface area contributed by atoms with E-state index in [0.717, 1.165) is 18.4 Å². The molecule has 0 aliphatic heterocycles. The van der Waals surface area contributed by atoms with E-state index in [1.807, 2.05) is 0 Å². The van der Waals surface area contributed by atoms with Gasteiger partial charge in [0.2, 0.25) is 0 Å². The van der Waals surface area contributed by atoms with E-state index >= 15 is 0 Å². The van der Waals surface area contributed by atoms with Gasteiger partial charge >= 0.3 is 0 Å². The molecule has 5 heteroatoms. The maximum Gasteiger partial charge on any atom is 0.197 e. The van der Waals surface area contributed by atoms with E-state index in [0.29, 0.717) is 30.9 Å². The summed E-state index contributed by atoms with van der Waals surface area (Å²) in [6.07, 6.45) is 5.82. The summed E-state index contributed by atoms with van der Waals surface area (Å²) >= 11 is 0. The SMILES string of the molecule is C=C(Cc1cc(O)n(CCOc2ccncc2)c1O)CC(C)(C)CC(C)(C)C. The molecule has 0 saturated carbocycles. The van der Waals surface area contributed by atoms with Crippen LogP contribution in [-0.4, -0.2) is 26.4 Å². The van der Waals surface area contributed by atoms with Gasteiger partial charge in [0, 0.05) is 24.0 Å². The Morgan fingerprint density at radius 1 is 1.14 bits per heavy atom. The predicted octanol–water partition coefficient (Wildman–Crippen LogP) is 5.32. The third-order valence-corrected chi connectivity index (χ3v) is 4.53. The zero-order valence-corrected chi connectivity index (χ0v) is 17.8. The second-order valence-electron chi connectivity index (χ2n) is 9.54. The van der Waals surface area contributed by atoms with Crippen LogP contribution in [0.5, 0.6) is 17.5 Å². The van der Waals surface area contributed by atoms with E-state index in [2.05, 4.69) is 46.2 Å². The molecule has 2 N–H and O–H groups in total. The minimum atomic E-state index is 0.0348. The largest absolute Gasteiger partial charge is 0.494 e. The van der Waals surface area contributed by atoms with Crippen LogP contribution >= 0.6 is 0 Å². The molecule has 2 aromatic heterocycles. The zero-order valence-electron chi connectivity index (χ0n) is 17.8. The first kappa shape index (κ1) is 21.9. The second-order valence-corrected chi connectivity index (χ2v) is 9.54. The molecule has 0 fully saturated rings. The molecule has 0 amide bonds. The van der Waals surface area contributed by atoms with Crippen LogP contribution in [0.1, 0.15) is 53.0 Å². The Balaban J connectivity index is 1.96. The van der Waals surface area contributed by atoms with Crippen molar-refractivity contribution in [1.29, 1.82) is 0 Å². The van der Waals surface area contributed by atoms with E-state index in [1.54, 1.807) is 30.6 Å².